The average molecular weight is 637 g/mol. The molecule has 3 aromatic heterocycles. The predicted molar refractivity (Wildman–Crippen MR) is 209 cm³/mol. The van der Waals surface area contributed by atoms with Gasteiger partial charge in [-0.2, -0.15) is 0 Å². The zero-order valence-corrected chi connectivity index (χ0v) is 27.0. The van der Waals surface area contributed by atoms with Crippen LogP contribution in [0, 0.1) is 0 Å². The zero-order valence-electron chi connectivity index (χ0n) is 27.0. The number of hydrogen-bond acceptors (Lipinski definition) is 2. The fourth-order valence-corrected chi connectivity index (χ4v) is 8.12. The molecule has 4 nitrogen and oxygen atoms in total. The van der Waals surface area contributed by atoms with Crippen LogP contribution in [0.1, 0.15) is 0 Å². The van der Waals surface area contributed by atoms with E-state index in [0.717, 1.165) is 38.9 Å². The van der Waals surface area contributed by atoms with Crippen LogP contribution in [0.25, 0.3) is 99.0 Å². The molecule has 3 heterocycles. The van der Waals surface area contributed by atoms with E-state index in [1.807, 2.05) is 0 Å². The molecule has 4 heteroatoms. The zero-order chi connectivity index (χ0) is 32.8. The summed E-state index contributed by atoms with van der Waals surface area (Å²) in [6.07, 6.45) is 0. The molecule has 0 aliphatic heterocycles. The van der Waals surface area contributed by atoms with Crippen molar-refractivity contribution in [3.63, 3.8) is 0 Å². The minimum absolute atomic E-state index is 0.664. The van der Waals surface area contributed by atoms with Crippen LogP contribution in [0.15, 0.2) is 170 Å². The Balaban J connectivity index is 1.26. The summed E-state index contributed by atoms with van der Waals surface area (Å²) < 4.78 is 4.67. The first-order valence-corrected chi connectivity index (χ1v) is 17.0. The van der Waals surface area contributed by atoms with Crippen molar-refractivity contribution in [1.29, 1.82) is 0 Å². The Bertz CT molecular complexity index is 3150. The van der Waals surface area contributed by atoms with E-state index in [-0.39, 0.29) is 0 Å². The van der Waals surface area contributed by atoms with E-state index in [1.165, 1.54) is 54.1 Å². The summed E-state index contributed by atoms with van der Waals surface area (Å²) in [5, 5.41) is 10.7. The number of hydrogen-bond donors (Lipinski definition) is 0. The molecular formula is C46H28N4. The standard InChI is InChI=1S/C46H28N4/c1-2-14-32(15-3-1)49-41-21-11-8-18-38(41)43-34-24-25-35-33-16-7-10-20-40(33)50(45(35)36(34)26-27-42(43)49)46-47-39-19-9-6-17-37(39)44(48-46)31-23-22-29-12-4-5-13-30(29)28-31/h1-28H. The molecular weight excluding hydrogens is 609 g/mol. The maximum atomic E-state index is 5.43. The third-order valence-electron chi connectivity index (χ3n) is 10.3. The lowest BCUT2D eigenvalue weighted by molar-refractivity contribution is 1.02. The first-order chi connectivity index (χ1) is 24.8. The van der Waals surface area contributed by atoms with Gasteiger partial charge in [0.1, 0.15) is 0 Å². The molecule has 0 aliphatic carbocycles. The monoisotopic (exact) mass is 636 g/mol. The Morgan fingerprint density at radius 1 is 0.380 bits per heavy atom. The topological polar surface area (TPSA) is 35.6 Å². The molecule has 0 saturated heterocycles. The molecule has 11 rings (SSSR count). The Labute approximate surface area is 287 Å². The third kappa shape index (κ3) is 3.81. The van der Waals surface area contributed by atoms with E-state index in [1.54, 1.807) is 0 Å². The second kappa shape index (κ2) is 10.4. The summed E-state index contributed by atoms with van der Waals surface area (Å²) in [6.45, 7) is 0. The summed E-state index contributed by atoms with van der Waals surface area (Å²) in [7, 11) is 0. The largest absolute Gasteiger partial charge is 0.309 e. The van der Waals surface area contributed by atoms with Crippen LogP contribution in [0.4, 0.5) is 0 Å². The van der Waals surface area contributed by atoms with Gasteiger partial charge >= 0.3 is 0 Å². The van der Waals surface area contributed by atoms with Crippen LogP contribution in [0.5, 0.6) is 0 Å². The summed E-state index contributed by atoms with van der Waals surface area (Å²) in [5.41, 5.74) is 8.65. The highest BCUT2D eigenvalue weighted by atomic mass is 15.2. The molecule has 232 valence electrons. The highest BCUT2D eigenvalue weighted by Gasteiger charge is 2.21. The van der Waals surface area contributed by atoms with Crippen molar-refractivity contribution in [2.75, 3.05) is 0 Å². The average Bonchev–Trinajstić information content (AvgIpc) is 3.71. The Hall–Kier alpha value is -6.78. The summed E-state index contributed by atoms with van der Waals surface area (Å²) in [4.78, 5) is 10.7. The molecule has 0 aliphatic rings. The molecule has 0 unspecified atom stereocenters. The molecule has 0 spiro atoms. The quantitative estimate of drug-likeness (QED) is 0.193. The van der Waals surface area contributed by atoms with Crippen LogP contribution in [0.3, 0.4) is 0 Å². The minimum atomic E-state index is 0.664. The predicted octanol–water partition coefficient (Wildman–Crippen LogP) is 11.8. The number of aromatic nitrogens is 4. The van der Waals surface area contributed by atoms with Crippen LogP contribution < -0.4 is 0 Å². The van der Waals surface area contributed by atoms with Crippen molar-refractivity contribution < 1.29 is 0 Å². The van der Waals surface area contributed by atoms with E-state index in [9.17, 15) is 0 Å². The lowest BCUT2D eigenvalue weighted by Crippen LogP contribution is -2.03. The Kier molecular flexibility index (Phi) is 5.63. The van der Waals surface area contributed by atoms with E-state index >= 15 is 0 Å². The number of nitrogens with zero attached hydrogens (tertiary/aromatic N) is 4. The van der Waals surface area contributed by atoms with Crippen LogP contribution in [-0.4, -0.2) is 19.1 Å². The van der Waals surface area contributed by atoms with Crippen LogP contribution in [-0.2, 0) is 0 Å². The second-order valence-electron chi connectivity index (χ2n) is 13.0. The maximum absolute atomic E-state index is 5.43. The first kappa shape index (κ1) is 27.2. The Morgan fingerprint density at radius 3 is 1.88 bits per heavy atom. The van der Waals surface area contributed by atoms with Gasteiger partial charge < -0.3 is 4.57 Å². The molecule has 0 N–H and O–H groups in total. The van der Waals surface area contributed by atoms with Crippen molar-refractivity contribution in [2.45, 2.75) is 0 Å². The lowest BCUT2D eigenvalue weighted by Gasteiger charge is -2.13. The van der Waals surface area contributed by atoms with Gasteiger partial charge in [-0.1, -0.05) is 127 Å². The van der Waals surface area contributed by atoms with Gasteiger partial charge in [-0.3, -0.25) is 4.57 Å². The minimum Gasteiger partial charge on any atom is -0.309 e. The first-order valence-electron chi connectivity index (χ1n) is 17.0. The summed E-state index contributed by atoms with van der Waals surface area (Å²) in [5.74, 6) is 0.664. The molecule has 11 aromatic rings. The number of para-hydroxylation sites is 4. The molecule has 0 saturated carbocycles. The van der Waals surface area contributed by atoms with E-state index < -0.39 is 0 Å². The SMILES string of the molecule is c1ccc(-n2c3ccccc3c3c4ccc5c6ccccc6n(-c6nc(-c7ccc8ccccc8c7)c7ccccc7n6)c5c4ccc32)cc1. The van der Waals surface area contributed by atoms with Gasteiger partial charge in [0.2, 0.25) is 5.95 Å². The van der Waals surface area contributed by atoms with Gasteiger partial charge in [-0.15, -0.1) is 0 Å². The summed E-state index contributed by atoms with van der Waals surface area (Å²) in [6, 6.07) is 60.6. The molecule has 8 aromatic carbocycles. The fourth-order valence-electron chi connectivity index (χ4n) is 8.12. The third-order valence-corrected chi connectivity index (χ3v) is 10.3. The second-order valence-corrected chi connectivity index (χ2v) is 13.0. The van der Waals surface area contributed by atoms with Gasteiger partial charge in [0.05, 0.1) is 33.3 Å². The van der Waals surface area contributed by atoms with Crippen molar-refractivity contribution in [2.24, 2.45) is 0 Å². The number of benzene rings is 8. The molecule has 0 amide bonds. The molecule has 0 bridgehead atoms. The van der Waals surface area contributed by atoms with Gasteiger partial charge in [-0.05, 0) is 58.6 Å². The maximum Gasteiger partial charge on any atom is 0.235 e. The lowest BCUT2D eigenvalue weighted by atomic mass is 10.0. The van der Waals surface area contributed by atoms with E-state index in [0.29, 0.717) is 5.95 Å². The number of fused-ring (bicyclic) bond motifs is 11. The van der Waals surface area contributed by atoms with Crippen LogP contribution in [0.2, 0.25) is 0 Å². The van der Waals surface area contributed by atoms with Gasteiger partial charge in [0, 0.05) is 43.6 Å². The van der Waals surface area contributed by atoms with E-state index in [2.05, 4.69) is 179 Å². The normalized spacial score (nSPS) is 12.0. The van der Waals surface area contributed by atoms with Crippen LogP contribution >= 0.6 is 0 Å². The summed E-state index contributed by atoms with van der Waals surface area (Å²) >= 11 is 0. The van der Waals surface area contributed by atoms with E-state index in [4.69, 9.17) is 9.97 Å². The molecule has 0 atom stereocenters. The molecule has 0 radical (unpaired) electrons. The smallest absolute Gasteiger partial charge is 0.235 e. The highest BCUT2D eigenvalue weighted by molar-refractivity contribution is 6.28. The van der Waals surface area contributed by atoms with Gasteiger partial charge in [0.15, 0.2) is 0 Å². The van der Waals surface area contributed by atoms with Crippen molar-refractivity contribution >= 4 is 76.1 Å². The number of rotatable bonds is 3. The van der Waals surface area contributed by atoms with Crippen molar-refractivity contribution in [3.05, 3.63) is 170 Å². The van der Waals surface area contributed by atoms with Crippen molar-refractivity contribution in [3.8, 4) is 22.9 Å². The van der Waals surface area contributed by atoms with Gasteiger partial charge in [0.25, 0.3) is 0 Å². The molecule has 0 fully saturated rings. The Morgan fingerprint density at radius 2 is 1.02 bits per heavy atom. The molecule has 50 heavy (non-hydrogen) atoms. The highest BCUT2D eigenvalue weighted by Crippen LogP contribution is 2.42. The van der Waals surface area contributed by atoms with Gasteiger partial charge in [-0.25, -0.2) is 9.97 Å². The fraction of sp³-hybridized carbons (Fsp3) is 0. The van der Waals surface area contributed by atoms with Crippen molar-refractivity contribution in [1.82, 2.24) is 19.1 Å².